The predicted octanol–water partition coefficient (Wildman–Crippen LogP) is 0.497. The van der Waals surface area contributed by atoms with Gasteiger partial charge in [0.15, 0.2) is 0 Å². The zero-order valence-corrected chi connectivity index (χ0v) is 6.84. The van der Waals surface area contributed by atoms with Crippen molar-refractivity contribution in [3.05, 3.63) is 0 Å². The topological polar surface area (TPSA) is 63.3 Å². The standard InChI is InChI=1S/C6H13NO2S/c1-2-3-4(7)5(10)6(8)9/h4-5,10H,2-3,7H2,1H3,(H,8,9). The van der Waals surface area contributed by atoms with E-state index in [-0.39, 0.29) is 6.04 Å². The summed E-state index contributed by atoms with van der Waals surface area (Å²) in [6.07, 6.45) is 1.60. The van der Waals surface area contributed by atoms with E-state index in [9.17, 15) is 4.79 Å². The Kier molecular flexibility index (Phi) is 4.47. The number of carboxylic acid groups (broad SMARTS) is 1. The second-order valence-electron chi connectivity index (χ2n) is 2.24. The molecular formula is C6H13NO2S. The van der Waals surface area contributed by atoms with E-state index < -0.39 is 11.2 Å². The molecule has 0 radical (unpaired) electrons. The van der Waals surface area contributed by atoms with Gasteiger partial charge in [0.25, 0.3) is 0 Å². The van der Waals surface area contributed by atoms with E-state index in [0.717, 1.165) is 6.42 Å². The molecule has 0 rings (SSSR count). The van der Waals surface area contributed by atoms with E-state index in [1.807, 2.05) is 6.92 Å². The number of hydrogen-bond donors (Lipinski definition) is 3. The van der Waals surface area contributed by atoms with Gasteiger partial charge < -0.3 is 10.8 Å². The van der Waals surface area contributed by atoms with Crippen LogP contribution in [-0.2, 0) is 4.79 Å². The van der Waals surface area contributed by atoms with Gasteiger partial charge in [-0.25, -0.2) is 0 Å². The van der Waals surface area contributed by atoms with Gasteiger partial charge >= 0.3 is 5.97 Å². The summed E-state index contributed by atoms with van der Waals surface area (Å²) in [6, 6.07) is -0.328. The Bertz CT molecular complexity index is 118. The number of nitrogens with two attached hydrogens (primary N) is 1. The van der Waals surface area contributed by atoms with Gasteiger partial charge in [0, 0.05) is 6.04 Å². The number of rotatable bonds is 4. The second kappa shape index (κ2) is 4.57. The molecule has 0 aliphatic carbocycles. The van der Waals surface area contributed by atoms with Gasteiger partial charge in [0.1, 0.15) is 5.25 Å². The van der Waals surface area contributed by atoms with Crippen LogP contribution >= 0.6 is 12.6 Å². The molecule has 0 spiro atoms. The maximum atomic E-state index is 10.3. The van der Waals surface area contributed by atoms with Gasteiger partial charge in [-0.1, -0.05) is 13.3 Å². The minimum atomic E-state index is -0.940. The van der Waals surface area contributed by atoms with E-state index >= 15 is 0 Å². The predicted molar refractivity (Wildman–Crippen MR) is 43.3 cm³/mol. The van der Waals surface area contributed by atoms with Crippen LogP contribution in [0.4, 0.5) is 0 Å². The Labute approximate surface area is 66.0 Å². The van der Waals surface area contributed by atoms with Crippen molar-refractivity contribution in [3.8, 4) is 0 Å². The van der Waals surface area contributed by atoms with Crippen LogP contribution < -0.4 is 5.73 Å². The number of thiol groups is 1. The van der Waals surface area contributed by atoms with Crippen LogP contribution in [-0.4, -0.2) is 22.4 Å². The van der Waals surface area contributed by atoms with Crippen LogP contribution in [0, 0.1) is 0 Å². The summed E-state index contributed by atoms with van der Waals surface area (Å²) >= 11 is 3.83. The summed E-state index contributed by atoms with van der Waals surface area (Å²) in [5, 5.41) is 7.70. The van der Waals surface area contributed by atoms with E-state index in [1.165, 1.54) is 0 Å². The Morgan fingerprint density at radius 2 is 2.30 bits per heavy atom. The molecule has 0 amide bonds. The van der Waals surface area contributed by atoms with Crippen LogP contribution in [0.3, 0.4) is 0 Å². The molecule has 2 unspecified atom stereocenters. The SMILES string of the molecule is CCCC(N)C(S)C(=O)O. The lowest BCUT2D eigenvalue weighted by molar-refractivity contribution is -0.136. The third kappa shape index (κ3) is 3.08. The van der Waals surface area contributed by atoms with E-state index in [1.54, 1.807) is 0 Å². The van der Waals surface area contributed by atoms with Crippen molar-refractivity contribution in [1.29, 1.82) is 0 Å². The van der Waals surface area contributed by atoms with Gasteiger partial charge in [-0.3, -0.25) is 4.79 Å². The number of carboxylic acids is 1. The molecule has 0 heterocycles. The average molecular weight is 163 g/mol. The third-order valence-electron chi connectivity index (χ3n) is 1.28. The van der Waals surface area contributed by atoms with Crippen LogP contribution in [0.5, 0.6) is 0 Å². The summed E-state index contributed by atoms with van der Waals surface area (Å²) < 4.78 is 0. The summed E-state index contributed by atoms with van der Waals surface area (Å²) in [6.45, 7) is 1.96. The Hall–Kier alpha value is -0.220. The summed E-state index contributed by atoms with van der Waals surface area (Å²) in [7, 11) is 0. The molecule has 0 aromatic heterocycles. The first-order valence-electron chi connectivity index (χ1n) is 3.26. The minimum absolute atomic E-state index is 0.328. The van der Waals surface area contributed by atoms with Crippen LogP contribution in [0.1, 0.15) is 19.8 Å². The highest BCUT2D eigenvalue weighted by Crippen LogP contribution is 2.05. The molecule has 3 N–H and O–H groups in total. The molecule has 4 heteroatoms. The average Bonchev–Trinajstić information content (AvgIpc) is 1.87. The second-order valence-corrected chi connectivity index (χ2v) is 2.79. The molecule has 0 fully saturated rings. The molecule has 0 saturated carbocycles. The van der Waals surface area contributed by atoms with Crippen LogP contribution in [0.15, 0.2) is 0 Å². The lowest BCUT2D eigenvalue weighted by Crippen LogP contribution is -2.36. The highest BCUT2D eigenvalue weighted by molar-refractivity contribution is 7.81. The molecule has 0 aliphatic heterocycles. The molecular weight excluding hydrogens is 150 g/mol. The molecule has 3 nitrogen and oxygen atoms in total. The molecule has 10 heavy (non-hydrogen) atoms. The van der Waals surface area contributed by atoms with Crippen LogP contribution in [0.2, 0.25) is 0 Å². The van der Waals surface area contributed by atoms with Crippen molar-refractivity contribution in [1.82, 2.24) is 0 Å². The van der Waals surface area contributed by atoms with Gasteiger partial charge in [-0.05, 0) is 6.42 Å². The molecule has 0 saturated heterocycles. The Morgan fingerprint density at radius 3 is 2.60 bits per heavy atom. The van der Waals surface area contributed by atoms with Crippen molar-refractivity contribution in [3.63, 3.8) is 0 Å². The van der Waals surface area contributed by atoms with Crippen molar-refractivity contribution in [2.75, 3.05) is 0 Å². The molecule has 60 valence electrons. The van der Waals surface area contributed by atoms with Crippen molar-refractivity contribution in [2.24, 2.45) is 5.73 Å². The smallest absolute Gasteiger partial charge is 0.317 e. The molecule has 0 aliphatic rings. The maximum Gasteiger partial charge on any atom is 0.317 e. The van der Waals surface area contributed by atoms with E-state index in [4.69, 9.17) is 10.8 Å². The highest BCUT2D eigenvalue weighted by atomic mass is 32.1. The fourth-order valence-corrected chi connectivity index (χ4v) is 0.823. The lowest BCUT2D eigenvalue weighted by atomic mass is 10.1. The number of carbonyl (C=O) groups is 1. The maximum absolute atomic E-state index is 10.3. The van der Waals surface area contributed by atoms with Crippen molar-refractivity contribution >= 4 is 18.6 Å². The molecule has 2 atom stereocenters. The third-order valence-corrected chi connectivity index (χ3v) is 1.88. The van der Waals surface area contributed by atoms with Gasteiger partial charge in [-0.15, -0.1) is 0 Å². The van der Waals surface area contributed by atoms with E-state index in [2.05, 4.69) is 12.6 Å². The summed E-state index contributed by atoms with van der Waals surface area (Å²) in [5.74, 6) is -0.940. The normalized spacial score (nSPS) is 16.3. The van der Waals surface area contributed by atoms with E-state index in [0.29, 0.717) is 6.42 Å². The van der Waals surface area contributed by atoms with Gasteiger partial charge in [0.05, 0.1) is 0 Å². The fourth-order valence-electron chi connectivity index (χ4n) is 0.674. The lowest BCUT2D eigenvalue weighted by Gasteiger charge is -2.13. The zero-order chi connectivity index (χ0) is 8.15. The molecule has 0 aromatic carbocycles. The summed E-state index contributed by atoms with van der Waals surface area (Å²) in [5.41, 5.74) is 5.47. The zero-order valence-electron chi connectivity index (χ0n) is 5.95. The Balaban J connectivity index is 3.69. The van der Waals surface area contributed by atoms with Gasteiger partial charge in [-0.2, -0.15) is 12.6 Å². The van der Waals surface area contributed by atoms with Crippen molar-refractivity contribution < 1.29 is 9.90 Å². The largest absolute Gasteiger partial charge is 0.480 e. The summed E-state index contributed by atoms with van der Waals surface area (Å²) in [4.78, 5) is 10.3. The van der Waals surface area contributed by atoms with Crippen LogP contribution in [0.25, 0.3) is 0 Å². The molecule has 0 aromatic rings. The highest BCUT2D eigenvalue weighted by Gasteiger charge is 2.19. The monoisotopic (exact) mass is 163 g/mol. The number of aliphatic carboxylic acids is 1. The number of hydrogen-bond acceptors (Lipinski definition) is 3. The molecule has 0 bridgehead atoms. The first kappa shape index (κ1) is 9.78. The first-order valence-corrected chi connectivity index (χ1v) is 3.77. The fraction of sp³-hybridized carbons (Fsp3) is 0.833. The van der Waals surface area contributed by atoms with Crippen molar-refractivity contribution in [2.45, 2.75) is 31.1 Å². The Morgan fingerprint density at radius 1 is 1.80 bits per heavy atom. The van der Waals surface area contributed by atoms with Gasteiger partial charge in [0.2, 0.25) is 0 Å². The minimum Gasteiger partial charge on any atom is -0.480 e. The quantitative estimate of drug-likeness (QED) is 0.529. The first-order chi connectivity index (χ1) is 4.59.